The van der Waals surface area contributed by atoms with Crippen molar-refractivity contribution in [2.75, 3.05) is 5.43 Å². The second-order valence-electron chi connectivity index (χ2n) is 4.76. The lowest BCUT2D eigenvalue weighted by Crippen LogP contribution is -2.13. The maximum atomic E-state index is 5.52. The summed E-state index contributed by atoms with van der Waals surface area (Å²) >= 11 is 1.89. The number of hydrogen-bond acceptors (Lipinski definition) is 5. The predicted octanol–water partition coefficient (Wildman–Crippen LogP) is 2.92. The number of nitrogens with zero attached hydrogens (tertiary/aromatic N) is 2. The van der Waals surface area contributed by atoms with Crippen LogP contribution in [0.2, 0.25) is 0 Å². The van der Waals surface area contributed by atoms with Gasteiger partial charge in [0.05, 0.1) is 0 Å². The topological polar surface area (TPSA) is 63.8 Å². The number of anilines is 1. The molecule has 0 saturated heterocycles. The minimum absolute atomic E-state index is 0.381. The van der Waals surface area contributed by atoms with E-state index >= 15 is 0 Å². The van der Waals surface area contributed by atoms with Crippen molar-refractivity contribution in [3.63, 3.8) is 0 Å². The molecule has 1 heterocycles. The second kappa shape index (κ2) is 5.69. The van der Waals surface area contributed by atoms with E-state index in [0.717, 1.165) is 16.4 Å². The van der Waals surface area contributed by atoms with E-state index in [1.807, 2.05) is 11.8 Å². The molecule has 1 aliphatic rings. The van der Waals surface area contributed by atoms with Crippen LogP contribution >= 0.6 is 11.8 Å². The van der Waals surface area contributed by atoms with Crippen molar-refractivity contribution in [1.29, 1.82) is 0 Å². The molecule has 1 aromatic rings. The lowest BCUT2D eigenvalue weighted by Gasteiger charge is -2.16. The largest absolute Gasteiger partial charge is 0.308 e. The van der Waals surface area contributed by atoms with Gasteiger partial charge in [-0.1, -0.05) is 26.7 Å². The molecular formula is C12H20N4S. The van der Waals surface area contributed by atoms with E-state index in [0.29, 0.717) is 11.2 Å². The van der Waals surface area contributed by atoms with Gasteiger partial charge in [-0.15, -0.1) is 11.8 Å². The molecule has 3 N–H and O–H groups in total. The van der Waals surface area contributed by atoms with Crippen LogP contribution in [0.4, 0.5) is 5.82 Å². The number of aromatic nitrogens is 2. The summed E-state index contributed by atoms with van der Waals surface area (Å²) in [5, 5.41) is 1.81. The SMILES string of the molecule is CC(C)c1c(NN)ncnc1SC1CCCC1. The maximum Gasteiger partial charge on any atom is 0.147 e. The Labute approximate surface area is 107 Å². The highest BCUT2D eigenvalue weighted by Gasteiger charge is 2.21. The summed E-state index contributed by atoms with van der Waals surface area (Å²) in [7, 11) is 0. The molecule has 0 amide bonds. The first-order valence-electron chi connectivity index (χ1n) is 6.20. The summed E-state index contributed by atoms with van der Waals surface area (Å²) < 4.78 is 0. The fraction of sp³-hybridized carbons (Fsp3) is 0.667. The van der Waals surface area contributed by atoms with Crippen molar-refractivity contribution in [2.24, 2.45) is 5.84 Å². The Hall–Kier alpha value is -0.810. The first kappa shape index (κ1) is 12.6. The Morgan fingerprint density at radius 2 is 2.06 bits per heavy atom. The molecule has 0 spiro atoms. The maximum absolute atomic E-state index is 5.52. The van der Waals surface area contributed by atoms with E-state index in [2.05, 4.69) is 29.2 Å². The van der Waals surface area contributed by atoms with Crippen LogP contribution in [0.1, 0.15) is 51.0 Å². The number of nitrogen functional groups attached to an aromatic ring is 1. The lowest BCUT2D eigenvalue weighted by molar-refractivity contribution is 0.799. The fourth-order valence-electron chi connectivity index (χ4n) is 2.27. The Balaban J connectivity index is 2.25. The van der Waals surface area contributed by atoms with Crippen molar-refractivity contribution in [3.05, 3.63) is 11.9 Å². The summed E-state index contributed by atoms with van der Waals surface area (Å²) in [6.45, 7) is 4.30. The summed E-state index contributed by atoms with van der Waals surface area (Å²) in [6.07, 6.45) is 6.90. The van der Waals surface area contributed by atoms with Gasteiger partial charge in [-0.3, -0.25) is 0 Å². The highest BCUT2D eigenvalue weighted by molar-refractivity contribution is 7.99. The van der Waals surface area contributed by atoms with Crippen LogP contribution in [-0.2, 0) is 0 Å². The number of nitrogens with one attached hydrogen (secondary N) is 1. The number of thioether (sulfide) groups is 1. The second-order valence-corrected chi connectivity index (χ2v) is 6.05. The predicted molar refractivity (Wildman–Crippen MR) is 72.0 cm³/mol. The van der Waals surface area contributed by atoms with Gasteiger partial charge < -0.3 is 5.43 Å². The lowest BCUT2D eigenvalue weighted by atomic mass is 10.1. The molecule has 0 atom stereocenters. The normalized spacial score (nSPS) is 16.7. The average molecular weight is 252 g/mol. The van der Waals surface area contributed by atoms with Crippen molar-refractivity contribution in [1.82, 2.24) is 9.97 Å². The van der Waals surface area contributed by atoms with Crippen LogP contribution < -0.4 is 11.3 Å². The molecule has 1 aliphatic carbocycles. The first-order chi connectivity index (χ1) is 8.22. The van der Waals surface area contributed by atoms with Crippen LogP contribution in [0.15, 0.2) is 11.4 Å². The quantitative estimate of drug-likeness (QED) is 0.490. The Kier molecular flexibility index (Phi) is 4.23. The van der Waals surface area contributed by atoms with E-state index < -0.39 is 0 Å². The third-order valence-corrected chi connectivity index (χ3v) is 4.50. The molecule has 0 aromatic carbocycles. The van der Waals surface area contributed by atoms with Gasteiger partial charge in [0.2, 0.25) is 0 Å². The van der Waals surface area contributed by atoms with Crippen LogP contribution in [0.5, 0.6) is 0 Å². The van der Waals surface area contributed by atoms with E-state index in [4.69, 9.17) is 5.84 Å². The number of nitrogens with two attached hydrogens (primary N) is 1. The Bertz CT molecular complexity index is 375. The van der Waals surface area contributed by atoms with Gasteiger partial charge in [-0.25, -0.2) is 15.8 Å². The molecular weight excluding hydrogens is 232 g/mol. The van der Waals surface area contributed by atoms with Gasteiger partial charge in [0.1, 0.15) is 17.2 Å². The van der Waals surface area contributed by atoms with E-state index in [1.54, 1.807) is 6.33 Å². The van der Waals surface area contributed by atoms with Crippen molar-refractivity contribution < 1.29 is 0 Å². The molecule has 5 heteroatoms. The number of hydrogen-bond donors (Lipinski definition) is 2. The third kappa shape index (κ3) is 2.90. The molecule has 1 fully saturated rings. The zero-order valence-corrected chi connectivity index (χ0v) is 11.3. The van der Waals surface area contributed by atoms with Crippen LogP contribution in [0, 0.1) is 0 Å². The first-order valence-corrected chi connectivity index (χ1v) is 7.08. The third-order valence-electron chi connectivity index (χ3n) is 3.14. The van der Waals surface area contributed by atoms with E-state index in [-0.39, 0.29) is 0 Å². The van der Waals surface area contributed by atoms with Crippen molar-refractivity contribution in [3.8, 4) is 0 Å². The zero-order valence-electron chi connectivity index (χ0n) is 10.4. The summed E-state index contributed by atoms with van der Waals surface area (Å²) in [5.41, 5.74) is 3.82. The molecule has 4 nitrogen and oxygen atoms in total. The van der Waals surface area contributed by atoms with Gasteiger partial charge >= 0.3 is 0 Å². The molecule has 0 bridgehead atoms. The Morgan fingerprint density at radius 3 is 2.65 bits per heavy atom. The number of rotatable bonds is 4. The van der Waals surface area contributed by atoms with Gasteiger partial charge in [0.25, 0.3) is 0 Å². The van der Waals surface area contributed by atoms with Crippen LogP contribution in [0.3, 0.4) is 0 Å². The molecule has 1 aromatic heterocycles. The van der Waals surface area contributed by atoms with Gasteiger partial charge in [-0.2, -0.15) is 0 Å². The molecule has 0 unspecified atom stereocenters. The summed E-state index contributed by atoms with van der Waals surface area (Å²) in [5.74, 6) is 6.66. The molecule has 94 valence electrons. The molecule has 17 heavy (non-hydrogen) atoms. The monoisotopic (exact) mass is 252 g/mol. The summed E-state index contributed by atoms with van der Waals surface area (Å²) in [6, 6.07) is 0. The van der Waals surface area contributed by atoms with E-state index in [9.17, 15) is 0 Å². The van der Waals surface area contributed by atoms with Crippen molar-refractivity contribution >= 4 is 17.6 Å². The zero-order chi connectivity index (χ0) is 12.3. The smallest absolute Gasteiger partial charge is 0.147 e. The fourth-order valence-corrected chi connectivity index (χ4v) is 3.72. The van der Waals surface area contributed by atoms with Gasteiger partial charge in [0.15, 0.2) is 0 Å². The van der Waals surface area contributed by atoms with Gasteiger partial charge in [-0.05, 0) is 18.8 Å². The standard InChI is InChI=1S/C12H20N4S/c1-8(2)10-11(16-13)14-7-15-12(10)17-9-5-3-4-6-9/h7-9H,3-6,13H2,1-2H3,(H,14,15,16). The molecule has 1 saturated carbocycles. The number of hydrazine groups is 1. The van der Waals surface area contributed by atoms with Crippen LogP contribution in [-0.4, -0.2) is 15.2 Å². The highest BCUT2D eigenvalue weighted by atomic mass is 32.2. The van der Waals surface area contributed by atoms with E-state index in [1.165, 1.54) is 25.7 Å². The average Bonchev–Trinajstić information content (AvgIpc) is 2.81. The molecule has 2 rings (SSSR count). The minimum Gasteiger partial charge on any atom is -0.308 e. The summed E-state index contributed by atoms with van der Waals surface area (Å²) in [4.78, 5) is 8.62. The van der Waals surface area contributed by atoms with Crippen LogP contribution in [0.25, 0.3) is 0 Å². The Morgan fingerprint density at radius 1 is 1.35 bits per heavy atom. The molecule has 0 aliphatic heterocycles. The minimum atomic E-state index is 0.381. The van der Waals surface area contributed by atoms with Gasteiger partial charge in [0, 0.05) is 10.8 Å². The molecule has 0 radical (unpaired) electrons. The van der Waals surface area contributed by atoms with Crippen molar-refractivity contribution in [2.45, 2.75) is 55.7 Å². The highest BCUT2D eigenvalue weighted by Crippen LogP contribution is 2.38.